The SMILES string of the molecule is COC(=O)c1cc2c(nc(Cc3ccc(B4OC(C)(C)C(C)(C)O4)cc3)n2CC2CCO2)s1. The lowest BCUT2D eigenvalue weighted by Gasteiger charge is -2.32. The molecule has 0 N–H and O–H groups in total. The summed E-state index contributed by atoms with van der Waals surface area (Å²) in [5, 5.41) is 0. The summed E-state index contributed by atoms with van der Waals surface area (Å²) in [6.07, 6.45) is 1.91. The molecule has 2 saturated heterocycles. The van der Waals surface area contributed by atoms with E-state index in [4.69, 9.17) is 23.8 Å². The summed E-state index contributed by atoms with van der Waals surface area (Å²) in [4.78, 5) is 18.3. The van der Waals surface area contributed by atoms with Crippen LogP contribution in [0.4, 0.5) is 0 Å². The molecule has 2 aliphatic heterocycles. The maximum absolute atomic E-state index is 12.0. The number of hydrogen-bond donors (Lipinski definition) is 0. The summed E-state index contributed by atoms with van der Waals surface area (Å²) >= 11 is 1.37. The van der Waals surface area contributed by atoms with E-state index in [-0.39, 0.29) is 30.4 Å². The van der Waals surface area contributed by atoms with Gasteiger partial charge in [-0.05, 0) is 51.2 Å². The Labute approximate surface area is 198 Å². The minimum Gasteiger partial charge on any atom is -0.465 e. The maximum atomic E-state index is 12.0. The topological polar surface area (TPSA) is 71.8 Å². The minimum absolute atomic E-state index is 0.188. The number of thiophene rings is 1. The van der Waals surface area contributed by atoms with E-state index in [2.05, 4.69) is 56.5 Å². The fourth-order valence-electron chi connectivity index (χ4n) is 4.09. The second kappa shape index (κ2) is 8.23. The number of esters is 1. The fourth-order valence-corrected chi connectivity index (χ4v) is 5.06. The van der Waals surface area contributed by atoms with Gasteiger partial charge >= 0.3 is 13.1 Å². The number of hydrogen-bond acceptors (Lipinski definition) is 7. The molecule has 7 nitrogen and oxygen atoms in total. The summed E-state index contributed by atoms with van der Waals surface area (Å²) in [7, 11) is 1.03. The van der Waals surface area contributed by atoms with Gasteiger partial charge in [-0.3, -0.25) is 0 Å². The third-order valence-electron chi connectivity index (χ3n) is 6.96. The lowest BCUT2D eigenvalue weighted by molar-refractivity contribution is -0.0589. The summed E-state index contributed by atoms with van der Waals surface area (Å²) in [6.45, 7) is 9.77. The monoisotopic (exact) mass is 468 g/mol. The number of carbonyl (C=O) groups excluding carboxylic acids is 1. The van der Waals surface area contributed by atoms with Gasteiger partial charge in [0.05, 0.1) is 36.5 Å². The summed E-state index contributed by atoms with van der Waals surface area (Å²) in [5.74, 6) is 0.635. The Morgan fingerprint density at radius 3 is 2.45 bits per heavy atom. The first kappa shape index (κ1) is 22.6. The Kier molecular flexibility index (Phi) is 5.64. The molecule has 0 aliphatic carbocycles. The minimum atomic E-state index is -0.371. The standard InChI is InChI=1S/C24H29BN2O5S/c1-23(2)24(3,4)32-25(31-23)16-8-6-15(7-9-16)12-20-26-21-18(13-19(33-21)22(28)29-5)27(20)14-17-10-11-30-17/h6-9,13,17H,10-12,14H2,1-5H3. The third-order valence-corrected chi connectivity index (χ3v) is 7.96. The van der Waals surface area contributed by atoms with E-state index in [0.29, 0.717) is 11.3 Å². The number of rotatable bonds is 6. The van der Waals surface area contributed by atoms with Crippen LogP contribution in [0.25, 0.3) is 10.3 Å². The third kappa shape index (κ3) is 4.12. The molecule has 1 aromatic carbocycles. The highest BCUT2D eigenvalue weighted by Crippen LogP contribution is 2.36. The molecule has 1 atom stereocenters. The normalized spacial score (nSPS) is 21.4. The highest BCUT2D eigenvalue weighted by Gasteiger charge is 2.51. The summed E-state index contributed by atoms with van der Waals surface area (Å²) in [5.41, 5.74) is 2.39. The Morgan fingerprint density at radius 1 is 1.21 bits per heavy atom. The first-order chi connectivity index (χ1) is 15.7. The number of fused-ring (bicyclic) bond motifs is 1. The molecule has 5 rings (SSSR count). The second-order valence-corrected chi connectivity index (χ2v) is 10.7. The van der Waals surface area contributed by atoms with Crippen molar-refractivity contribution in [3.05, 3.63) is 46.6 Å². The molecule has 1 unspecified atom stereocenters. The molecule has 9 heteroatoms. The molecule has 0 amide bonds. The molecule has 0 bridgehead atoms. The smallest absolute Gasteiger partial charge is 0.465 e. The van der Waals surface area contributed by atoms with Crippen LogP contribution in [0.5, 0.6) is 0 Å². The van der Waals surface area contributed by atoms with Crippen LogP contribution < -0.4 is 5.46 Å². The fraction of sp³-hybridized carbons (Fsp3) is 0.500. The van der Waals surface area contributed by atoms with Crippen LogP contribution in [0.2, 0.25) is 0 Å². The van der Waals surface area contributed by atoms with Gasteiger partial charge in [-0.2, -0.15) is 0 Å². The van der Waals surface area contributed by atoms with Gasteiger partial charge < -0.3 is 23.3 Å². The van der Waals surface area contributed by atoms with E-state index < -0.39 is 0 Å². The number of ether oxygens (including phenoxy) is 2. The van der Waals surface area contributed by atoms with Crippen molar-refractivity contribution in [2.75, 3.05) is 13.7 Å². The first-order valence-electron chi connectivity index (χ1n) is 11.3. The Bertz CT molecular complexity index is 1160. The average Bonchev–Trinajstić information content (AvgIpc) is 3.34. The molecule has 0 spiro atoms. The van der Waals surface area contributed by atoms with Crippen LogP contribution in [-0.4, -0.2) is 53.7 Å². The van der Waals surface area contributed by atoms with E-state index >= 15 is 0 Å². The van der Waals surface area contributed by atoms with E-state index in [1.54, 1.807) is 0 Å². The van der Waals surface area contributed by atoms with Gasteiger partial charge in [-0.25, -0.2) is 9.78 Å². The van der Waals surface area contributed by atoms with Gasteiger partial charge in [-0.1, -0.05) is 24.3 Å². The number of carbonyl (C=O) groups is 1. The predicted molar refractivity (Wildman–Crippen MR) is 128 cm³/mol. The summed E-state index contributed by atoms with van der Waals surface area (Å²) < 4.78 is 25.1. The maximum Gasteiger partial charge on any atom is 0.494 e. The number of benzene rings is 1. The zero-order valence-electron chi connectivity index (χ0n) is 19.7. The van der Waals surface area contributed by atoms with Gasteiger partial charge in [0.2, 0.25) is 0 Å². The highest BCUT2D eigenvalue weighted by molar-refractivity contribution is 7.20. The van der Waals surface area contributed by atoms with E-state index in [9.17, 15) is 4.79 Å². The molecule has 3 aromatic rings. The Morgan fingerprint density at radius 2 is 1.88 bits per heavy atom. The molecule has 0 radical (unpaired) electrons. The first-order valence-corrected chi connectivity index (χ1v) is 12.1. The average molecular weight is 468 g/mol. The van der Waals surface area contributed by atoms with Crippen molar-refractivity contribution >= 4 is 40.2 Å². The van der Waals surface area contributed by atoms with Crippen molar-refractivity contribution in [1.82, 2.24) is 9.55 Å². The van der Waals surface area contributed by atoms with Crippen LogP contribution in [0.15, 0.2) is 30.3 Å². The van der Waals surface area contributed by atoms with Gasteiger partial charge in [-0.15, -0.1) is 11.3 Å². The van der Waals surface area contributed by atoms with Gasteiger partial charge in [0.15, 0.2) is 0 Å². The highest BCUT2D eigenvalue weighted by atomic mass is 32.1. The van der Waals surface area contributed by atoms with Gasteiger partial charge in [0, 0.05) is 13.0 Å². The van der Waals surface area contributed by atoms with E-state index in [1.807, 2.05) is 6.07 Å². The molecule has 33 heavy (non-hydrogen) atoms. The van der Waals surface area contributed by atoms with E-state index in [0.717, 1.165) is 46.8 Å². The molecular weight excluding hydrogens is 439 g/mol. The van der Waals surface area contributed by atoms with Crippen LogP contribution in [-0.2, 0) is 31.7 Å². The lowest BCUT2D eigenvalue weighted by Crippen LogP contribution is -2.41. The Balaban J connectivity index is 1.39. The molecular formula is C24H29BN2O5S. The Hall–Kier alpha value is -2.20. The quantitative estimate of drug-likeness (QED) is 0.407. The predicted octanol–water partition coefficient (Wildman–Crippen LogP) is 3.56. The molecule has 2 aliphatic rings. The summed E-state index contributed by atoms with van der Waals surface area (Å²) in [6, 6.07) is 10.2. The van der Waals surface area contributed by atoms with Crippen LogP contribution >= 0.6 is 11.3 Å². The molecule has 174 valence electrons. The molecule has 2 fully saturated rings. The van der Waals surface area contributed by atoms with Crippen molar-refractivity contribution in [2.24, 2.45) is 0 Å². The van der Waals surface area contributed by atoms with Gasteiger partial charge in [0.25, 0.3) is 0 Å². The van der Waals surface area contributed by atoms with Crippen molar-refractivity contribution in [3.8, 4) is 0 Å². The molecule has 0 saturated carbocycles. The van der Waals surface area contributed by atoms with Crippen molar-refractivity contribution < 1.29 is 23.6 Å². The number of nitrogens with zero attached hydrogens (tertiary/aromatic N) is 2. The molecule has 2 aromatic heterocycles. The zero-order valence-corrected chi connectivity index (χ0v) is 20.5. The van der Waals surface area contributed by atoms with Crippen molar-refractivity contribution in [1.29, 1.82) is 0 Å². The van der Waals surface area contributed by atoms with Crippen LogP contribution in [0, 0.1) is 0 Å². The number of aromatic nitrogens is 2. The van der Waals surface area contributed by atoms with E-state index in [1.165, 1.54) is 18.4 Å². The van der Waals surface area contributed by atoms with Crippen molar-refractivity contribution in [2.45, 2.75) is 64.4 Å². The molecule has 4 heterocycles. The van der Waals surface area contributed by atoms with Gasteiger partial charge in [0.1, 0.15) is 15.5 Å². The number of imidazole rings is 1. The lowest BCUT2D eigenvalue weighted by atomic mass is 9.79. The van der Waals surface area contributed by atoms with Crippen molar-refractivity contribution in [3.63, 3.8) is 0 Å². The zero-order chi connectivity index (χ0) is 23.4. The largest absolute Gasteiger partial charge is 0.494 e. The number of methoxy groups -OCH3 is 1. The van der Waals surface area contributed by atoms with Crippen LogP contribution in [0.1, 0.15) is 55.2 Å². The second-order valence-electron chi connectivity index (χ2n) is 9.72. The van der Waals surface area contributed by atoms with Crippen LogP contribution in [0.3, 0.4) is 0 Å².